The third kappa shape index (κ3) is 4.97. The van der Waals surface area contributed by atoms with Crippen molar-refractivity contribution in [2.45, 2.75) is 0 Å². The molecule has 7 heteroatoms. The van der Waals surface area contributed by atoms with Gasteiger partial charge in [0.2, 0.25) is 0 Å². The van der Waals surface area contributed by atoms with Crippen molar-refractivity contribution in [1.29, 1.82) is 0 Å². The molecular weight excluding hydrogens is 386 g/mol. The lowest BCUT2D eigenvalue weighted by molar-refractivity contribution is -0.119. The monoisotopic (exact) mass is 397 g/mol. The van der Waals surface area contributed by atoms with Gasteiger partial charge in [0.05, 0.1) is 17.7 Å². The molecule has 2 rings (SSSR count). The van der Waals surface area contributed by atoms with E-state index in [1.54, 1.807) is 43.5 Å². The first kappa shape index (κ1) is 17.3. The number of rotatable bonds is 5. The number of hydrogen-bond donors (Lipinski definition) is 1. The van der Waals surface area contributed by atoms with Gasteiger partial charge in [0, 0.05) is 10.2 Å². The number of carbonyl (C=O) groups excluding carboxylic acids is 2. The van der Waals surface area contributed by atoms with Gasteiger partial charge in [0.15, 0.2) is 6.61 Å². The molecule has 0 heterocycles. The Bertz CT molecular complexity index is 719. The lowest BCUT2D eigenvalue weighted by Crippen LogP contribution is -2.21. The molecule has 0 saturated heterocycles. The maximum absolute atomic E-state index is 11.9. The van der Waals surface area contributed by atoms with Crippen molar-refractivity contribution >= 4 is 45.1 Å². The highest BCUT2D eigenvalue weighted by molar-refractivity contribution is 9.10. The molecule has 1 amide bonds. The number of nitrogens with one attached hydrogen (secondary N) is 1. The minimum Gasteiger partial charge on any atom is -0.497 e. The van der Waals surface area contributed by atoms with E-state index >= 15 is 0 Å². The summed E-state index contributed by atoms with van der Waals surface area (Å²) in [6, 6.07) is 11.6. The van der Waals surface area contributed by atoms with Crippen LogP contribution in [0.5, 0.6) is 5.75 Å². The number of esters is 1. The Morgan fingerprint density at radius 1 is 1.17 bits per heavy atom. The number of ether oxygens (including phenoxy) is 2. The van der Waals surface area contributed by atoms with E-state index < -0.39 is 18.5 Å². The number of carbonyl (C=O) groups is 2. The van der Waals surface area contributed by atoms with Gasteiger partial charge < -0.3 is 14.8 Å². The highest BCUT2D eigenvalue weighted by Crippen LogP contribution is 2.21. The van der Waals surface area contributed by atoms with Crippen LogP contribution in [-0.4, -0.2) is 25.6 Å². The van der Waals surface area contributed by atoms with Gasteiger partial charge in [0.25, 0.3) is 5.91 Å². The van der Waals surface area contributed by atoms with E-state index in [9.17, 15) is 9.59 Å². The second kappa shape index (κ2) is 7.99. The third-order valence-electron chi connectivity index (χ3n) is 2.86. The SMILES string of the molecule is COc1ccc(NC(=O)COC(=O)c2cc(Br)ccc2Cl)cc1. The maximum Gasteiger partial charge on any atom is 0.340 e. The van der Waals surface area contributed by atoms with Gasteiger partial charge in [0.1, 0.15) is 5.75 Å². The Kier molecular flexibility index (Phi) is 6.01. The number of amides is 1. The van der Waals surface area contributed by atoms with Crippen LogP contribution in [-0.2, 0) is 9.53 Å². The van der Waals surface area contributed by atoms with Crippen molar-refractivity contribution < 1.29 is 19.1 Å². The van der Waals surface area contributed by atoms with Gasteiger partial charge in [-0.3, -0.25) is 4.79 Å². The largest absolute Gasteiger partial charge is 0.497 e. The number of benzene rings is 2. The number of hydrogen-bond acceptors (Lipinski definition) is 4. The standard InChI is InChI=1S/C16H13BrClNO4/c1-22-12-5-3-11(4-6-12)19-15(20)9-23-16(21)13-8-10(17)2-7-14(13)18/h2-8H,9H2,1H3,(H,19,20). The summed E-state index contributed by atoms with van der Waals surface area (Å²) in [6.45, 7) is -0.409. The summed E-state index contributed by atoms with van der Waals surface area (Å²) in [6.07, 6.45) is 0. The van der Waals surface area contributed by atoms with Crippen LogP contribution in [0.25, 0.3) is 0 Å². The molecule has 0 aliphatic carbocycles. The molecule has 0 unspecified atom stereocenters. The second-order valence-electron chi connectivity index (χ2n) is 4.48. The third-order valence-corrected chi connectivity index (χ3v) is 3.68. The fourth-order valence-corrected chi connectivity index (χ4v) is 2.29. The van der Waals surface area contributed by atoms with Gasteiger partial charge in [-0.1, -0.05) is 27.5 Å². The molecule has 5 nitrogen and oxygen atoms in total. The van der Waals surface area contributed by atoms with E-state index in [1.165, 1.54) is 6.07 Å². The molecule has 0 radical (unpaired) electrons. The van der Waals surface area contributed by atoms with Crippen molar-refractivity contribution in [2.24, 2.45) is 0 Å². The second-order valence-corrected chi connectivity index (χ2v) is 5.80. The fourth-order valence-electron chi connectivity index (χ4n) is 1.73. The summed E-state index contributed by atoms with van der Waals surface area (Å²) in [4.78, 5) is 23.7. The van der Waals surface area contributed by atoms with Crippen molar-refractivity contribution in [2.75, 3.05) is 19.0 Å². The first-order valence-electron chi connectivity index (χ1n) is 6.55. The average Bonchev–Trinajstić information content (AvgIpc) is 2.55. The molecule has 0 atom stereocenters. The molecule has 0 aliphatic rings. The molecule has 120 valence electrons. The predicted octanol–water partition coefficient (Wildman–Crippen LogP) is 3.91. The van der Waals surface area contributed by atoms with E-state index in [-0.39, 0.29) is 10.6 Å². The lowest BCUT2D eigenvalue weighted by atomic mass is 10.2. The van der Waals surface area contributed by atoms with Crippen molar-refractivity contribution in [3.8, 4) is 5.75 Å². The number of halogens is 2. The predicted molar refractivity (Wildman–Crippen MR) is 91.1 cm³/mol. The zero-order valence-corrected chi connectivity index (χ0v) is 14.5. The van der Waals surface area contributed by atoms with E-state index in [4.69, 9.17) is 21.1 Å². The zero-order valence-electron chi connectivity index (χ0n) is 12.1. The molecular formula is C16H13BrClNO4. The fraction of sp³-hybridized carbons (Fsp3) is 0.125. The molecule has 0 fully saturated rings. The average molecular weight is 399 g/mol. The summed E-state index contributed by atoms with van der Waals surface area (Å²) < 4.78 is 10.7. The lowest BCUT2D eigenvalue weighted by Gasteiger charge is -2.08. The first-order valence-corrected chi connectivity index (χ1v) is 7.73. The molecule has 0 aliphatic heterocycles. The summed E-state index contributed by atoms with van der Waals surface area (Å²) in [5.41, 5.74) is 0.769. The van der Waals surface area contributed by atoms with Crippen molar-refractivity contribution in [3.63, 3.8) is 0 Å². The van der Waals surface area contributed by atoms with Crippen molar-refractivity contribution in [3.05, 3.63) is 57.5 Å². The Morgan fingerprint density at radius 2 is 1.87 bits per heavy atom. The number of methoxy groups -OCH3 is 1. The summed E-state index contributed by atoms with van der Waals surface area (Å²) in [5.74, 6) is -0.436. The van der Waals surface area contributed by atoms with Crippen LogP contribution in [0.1, 0.15) is 10.4 Å². The maximum atomic E-state index is 11.9. The molecule has 0 spiro atoms. The van der Waals surface area contributed by atoms with E-state index in [1.807, 2.05) is 0 Å². The van der Waals surface area contributed by atoms with Gasteiger partial charge >= 0.3 is 5.97 Å². The van der Waals surface area contributed by atoms with E-state index in [0.717, 1.165) is 0 Å². The van der Waals surface area contributed by atoms with Gasteiger partial charge in [-0.15, -0.1) is 0 Å². The molecule has 0 aromatic heterocycles. The van der Waals surface area contributed by atoms with Gasteiger partial charge in [-0.2, -0.15) is 0 Å². The minimum atomic E-state index is -0.666. The highest BCUT2D eigenvalue weighted by Gasteiger charge is 2.14. The quantitative estimate of drug-likeness (QED) is 0.776. The molecule has 0 bridgehead atoms. The summed E-state index contributed by atoms with van der Waals surface area (Å²) in [5, 5.41) is 2.87. The minimum absolute atomic E-state index is 0.193. The Labute approximate surface area is 146 Å². The van der Waals surface area contributed by atoms with Crippen LogP contribution in [0.3, 0.4) is 0 Å². The van der Waals surface area contributed by atoms with E-state index in [2.05, 4.69) is 21.2 Å². The first-order chi connectivity index (χ1) is 11.0. The smallest absolute Gasteiger partial charge is 0.340 e. The molecule has 2 aromatic rings. The Hall–Kier alpha value is -2.05. The Balaban J connectivity index is 1.90. The topological polar surface area (TPSA) is 64.6 Å². The van der Waals surface area contributed by atoms with Gasteiger partial charge in [-0.25, -0.2) is 4.79 Å². The van der Waals surface area contributed by atoms with Crippen LogP contribution in [0, 0.1) is 0 Å². The molecule has 0 saturated carbocycles. The zero-order chi connectivity index (χ0) is 16.8. The highest BCUT2D eigenvalue weighted by atomic mass is 79.9. The summed E-state index contributed by atoms with van der Waals surface area (Å²) >= 11 is 9.18. The van der Waals surface area contributed by atoms with E-state index in [0.29, 0.717) is 15.9 Å². The van der Waals surface area contributed by atoms with Crippen LogP contribution >= 0.6 is 27.5 Å². The van der Waals surface area contributed by atoms with Crippen LogP contribution in [0.4, 0.5) is 5.69 Å². The molecule has 23 heavy (non-hydrogen) atoms. The summed E-state index contributed by atoms with van der Waals surface area (Å²) in [7, 11) is 1.56. The van der Waals surface area contributed by atoms with Gasteiger partial charge in [-0.05, 0) is 42.5 Å². The Morgan fingerprint density at radius 3 is 2.52 bits per heavy atom. The van der Waals surface area contributed by atoms with Crippen LogP contribution in [0.15, 0.2) is 46.9 Å². The van der Waals surface area contributed by atoms with Crippen LogP contribution < -0.4 is 10.1 Å². The molecule has 2 aromatic carbocycles. The van der Waals surface area contributed by atoms with Crippen molar-refractivity contribution in [1.82, 2.24) is 0 Å². The van der Waals surface area contributed by atoms with Crippen LogP contribution in [0.2, 0.25) is 5.02 Å². The number of anilines is 1. The normalized spacial score (nSPS) is 10.0. The molecule has 1 N–H and O–H groups in total.